The van der Waals surface area contributed by atoms with Gasteiger partial charge in [-0.3, -0.25) is 9.78 Å². The fourth-order valence-electron chi connectivity index (χ4n) is 2.49. The van der Waals surface area contributed by atoms with E-state index in [-0.39, 0.29) is 30.8 Å². The molecule has 0 saturated heterocycles. The van der Waals surface area contributed by atoms with Gasteiger partial charge in [-0.15, -0.1) is 11.3 Å². The summed E-state index contributed by atoms with van der Waals surface area (Å²) in [4.78, 5) is 25.9. The van der Waals surface area contributed by atoms with Crippen LogP contribution in [0.1, 0.15) is 42.5 Å². The normalized spacial score (nSPS) is 13.6. The van der Waals surface area contributed by atoms with Crippen LogP contribution in [0.5, 0.6) is 0 Å². The Balaban J connectivity index is 1.90. The SMILES string of the molecule is C[C@H](CO)CC(=O)c1nc(N[C@@H](C)c2ccccn2)nc2ccsc12. The van der Waals surface area contributed by atoms with Gasteiger partial charge >= 0.3 is 0 Å². The van der Waals surface area contributed by atoms with E-state index in [2.05, 4.69) is 20.3 Å². The molecule has 0 aliphatic rings. The number of fused-ring (bicyclic) bond motifs is 1. The third kappa shape index (κ3) is 4.00. The summed E-state index contributed by atoms with van der Waals surface area (Å²) in [7, 11) is 0. The summed E-state index contributed by atoms with van der Waals surface area (Å²) in [5.41, 5.74) is 2.03. The predicted octanol–water partition coefficient (Wildman–Crippen LogP) is 3.46. The summed E-state index contributed by atoms with van der Waals surface area (Å²) < 4.78 is 0.783. The molecule has 0 spiro atoms. The fourth-order valence-corrected chi connectivity index (χ4v) is 3.33. The van der Waals surface area contributed by atoms with Crippen LogP contribution in [0.4, 0.5) is 5.95 Å². The molecule has 3 heterocycles. The quantitative estimate of drug-likeness (QED) is 0.630. The maximum atomic E-state index is 12.6. The van der Waals surface area contributed by atoms with Gasteiger partial charge in [-0.1, -0.05) is 13.0 Å². The van der Waals surface area contributed by atoms with Crippen molar-refractivity contribution < 1.29 is 9.90 Å². The van der Waals surface area contributed by atoms with E-state index in [4.69, 9.17) is 0 Å². The highest BCUT2D eigenvalue weighted by atomic mass is 32.1. The van der Waals surface area contributed by atoms with Crippen LogP contribution in [0.2, 0.25) is 0 Å². The zero-order valence-corrected chi connectivity index (χ0v) is 15.0. The summed E-state index contributed by atoms with van der Waals surface area (Å²) in [5, 5.41) is 14.3. The molecule has 0 aliphatic carbocycles. The van der Waals surface area contributed by atoms with E-state index < -0.39 is 0 Å². The second kappa shape index (κ2) is 7.67. The van der Waals surface area contributed by atoms with Gasteiger partial charge in [0.25, 0.3) is 0 Å². The molecule has 0 saturated carbocycles. The maximum Gasteiger partial charge on any atom is 0.224 e. The van der Waals surface area contributed by atoms with Gasteiger partial charge in [-0.05, 0) is 36.4 Å². The molecule has 0 aromatic carbocycles. The number of aliphatic hydroxyl groups is 1. The first-order chi connectivity index (χ1) is 12.1. The van der Waals surface area contributed by atoms with Crippen LogP contribution in [-0.4, -0.2) is 32.4 Å². The highest BCUT2D eigenvalue weighted by Gasteiger charge is 2.19. The molecule has 7 heteroatoms. The van der Waals surface area contributed by atoms with E-state index in [1.165, 1.54) is 11.3 Å². The number of nitrogens with one attached hydrogen (secondary N) is 1. The molecule has 2 N–H and O–H groups in total. The predicted molar refractivity (Wildman–Crippen MR) is 98.9 cm³/mol. The molecule has 0 radical (unpaired) electrons. The average molecular weight is 356 g/mol. The minimum atomic E-state index is -0.0960. The van der Waals surface area contributed by atoms with E-state index in [1.54, 1.807) is 6.20 Å². The maximum absolute atomic E-state index is 12.6. The van der Waals surface area contributed by atoms with Crippen LogP contribution < -0.4 is 5.32 Å². The molecular formula is C18H20N4O2S. The number of nitrogens with zero attached hydrogens (tertiary/aromatic N) is 3. The summed E-state index contributed by atoms with van der Waals surface area (Å²) in [5.74, 6) is 0.232. The number of ketones is 1. The lowest BCUT2D eigenvalue weighted by atomic mass is 10.0. The number of hydrogen-bond acceptors (Lipinski definition) is 7. The van der Waals surface area contributed by atoms with Gasteiger partial charge in [0.1, 0.15) is 5.69 Å². The van der Waals surface area contributed by atoms with Gasteiger partial charge in [0.2, 0.25) is 5.95 Å². The smallest absolute Gasteiger partial charge is 0.224 e. The molecule has 25 heavy (non-hydrogen) atoms. The summed E-state index contributed by atoms with van der Waals surface area (Å²) >= 11 is 1.45. The van der Waals surface area contributed by atoms with Crippen molar-refractivity contribution in [2.24, 2.45) is 5.92 Å². The Kier molecular flexibility index (Phi) is 5.35. The van der Waals surface area contributed by atoms with Gasteiger partial charge in [0.15, 0.2) is 5.78 Å². The Labute approximate surface area is 150 Å². The van der Waals surface area contributed by atoms with E-state index in [0.717, 1.165) is 15.9 Å². The van der Waals surface area contributed by atoms with Crippen molar-refractivity contribution in [2.45, 2.75) is 26.3 Å². The Morgan fingerprint density at radius 3 is 2.84 bits per heavy atom. The van der Waals surface area contributed by atoms with E-state index in [1.807, 2.05) is 43.5 Å². The Morgan fingerprint density at radius 2 is 2.12 bits per heavy atom. The van der Waals surface area contributed by atoms with Crippen molar-refractivity contribution in [3.63, 3.8) is 0 Å². The number of carbonyl (C=O) groups is 1. The average Bonchev–Trinajstić information content (AvgIpc) is 3.10. The Bertz CT molecular complexity index is 866. The molecule has 0 amide bonds. The van der Waals surface area contributed by atoms with Crippen molar-refractivity contribution in [3.05, 3.63) is 47.2 Å². The lowest BCUT2D eigenvalue weighted by Crippen LogP contribution is -2.15. The van der Waals surface area contributed by atoms with Gasteiger partial charge < -0.3 is 10.4 Å². The summed E-state index contributed by atoms with van der Waals surface area (Å²) in [6.45, 7) is 3.79. The van der Waals surface area contributed by atoms with Crippen molar-refractivity contribution >= 4 is 33.3 Å². The largest absolute Gasteiger partial charge is 0.396 e. The highest BCUT2D eigenvalue weighted by molar-refractivity contribution is 7.17. The van der Waals surface area contributed by atoms with Crippen molar-refractivity contribution in [2.75, 3.05) is 11.9 Å². The Morgan fingerprint density at radius 1 is 1.28 bits per heavy atom. The first kappa shape index (κ1) is 17.4. The van der Waals surface area contributed by atoms with Crippen LogP contribution in [0.15, 0.2) is 35.8 Å². The number of pyridine rings is 1. The second-order valence-electron chi connectivity index (χ2n) is 6.07. The fraction of sp³-hybridized carbons (Fsp3) is 0.333. The molecule has 3 rings (SSSR count). The molecule has 0 unspecified atom stereocenters. The molecule has 0 fully saturated rings. The molecule has 130 valence electrons. The van der Waals surface area contributed by atoms with Crippen LogP contribution >= 0.6 is 11.3 Å². The molecule has 3 aromatic heterocycles. The van der Waals surface area contributed by atoms with E-state index >= 15 is 0 Å². The molecule has 2 atom stereocenters. The minimum absolute atomic E-state index is 0.0216. The van der Waals surface area contributed by atoms with Gasteiger partial charge in [0, 0.05) is 19.2 Å². The van der Waals surface area contributed by atoms with E-state index in [9.17, 15) is 9.90 Å². The van der Waals surface area contributed by atoms with Crippen LogP contribution in [0.3, 0.4) is 0 Å². The Hall–Kier alpha value is -2.38. The van der Waals surface area contributed by atoms with Gasteiger partial charge in [-0.2, -0.15) is 0 Å². The highest BCUT2D eigenvalue weighted by Crippen LogP contribution is 2.26. The van der Waals surface area contributed by atoms with E-state index in [0.29, 0.717) is 11.6 Å². The summed E-state index contributed by atoms with van der Waals surface area (Å²) in [6, 6.07) is 7.51. The number of thiophene rings is 1. The van der Waals surface area contributed by atoms with Crippen molar-refractivity contribution in [3.8, 4) is 0 Å². The third-order valence-corrected chi connectivity index (χ3v) is 4.80. The standard InChI is InChI=1S/C18H20N4O2S/c1-11(10-23)9-15(24)16-17-14(6-8-25-17)21-18(22-16)20-12(2)13-5-3-4-7-19-13/h3-8,11-12,23H,9-10H2,1-2H3,(H,20,21,22)/t11-,12-/m0/s1. The van der Waals surface area contributed by atoms with Crippen LogP contribution in [0.25, 0.3) is 10.2 Å². The topological polar surface area (TPSA) is 88.0 Å². The van der Waals surface area contributed by atoms with Crippen LogP contribution in [-0.2, 0) is 0 Å². The third-order valence-electron chi connectivity index (χ3n) is 3.89. The number of hydrogen-bond donors (Lipinski definition) is 2. The molecule has 0 bridgehead atoms. The number of anilines is 1. The number of aromatic nitrogens is 3. The van der Waals surface area contributed by atoms with Crippen molar-refractivity contribution in [1.29, 1.82) is 0 Å². The number of Topliss-reactive ketones (excluding diaryl/α,β-unsaturated/α-hetero) is 1. The first-order valence-electron chi connectivity index (χ1n) is 8.15. The van der Waals surface area contributed by atoms with Gasteiger partial charge in [0.05, 0.1) is 22.0 Å². The lowest BCUT2D eigenvalue weighted by molar-refractivity contribution is 0.0940. The molecule has 0 aliphatic heterocycles. The lowest BCUT2D eigenvalue weighted by Gasteiger charge is -2.14. The minimum Gasteiger partial charge on any atom is -0.396 e. The number of rotatable bonds is 7. The van der Waals surface area contributed by atoms with Gasteiger partial charge in [-0.25, -0.2) is 9.97 Å². The second-order valence-corrected chi connectivity index (χ2v) is 6.98. The molecule has 3 aromatic rings. The zero-order chi connectivity index (χ0) is 17.8. The monoisotopic (exact) mass is 356 g/mol. The number of carbonyl (C=O) groups excluding carboxylic acids is 1. The number of aliphatic hydroxyl groups excluding tert-OH is 1. The zero-order valence-electron chi connectivity index (χ0n) is 14.1. The van der Waals surface area contributed by atoms with Crippen LogP contribution in [0, 0.1) is 5.92 Å². The summed E-state index contributed by atoms with van der Waals surface area (Å²) in [6.07, 6.45) is 2.00. The van der Waals surface area contributed by atoms with Crippen molar-refractivity contribution in [1.82, 2.24) is 15.0 Å². The molecule has 6 nitrogen and oxygen atoms in total. The first-order valence-corrected chi connectivity index (χ1v) is 9.03. The molecular weight excluding hydrogens is 336 g/mol.